The highest BCUT2D eigenvalue weighted by molar-refractivity contribution is 5.70. The molecule has 4 nitrogen and oxygen atoms in total. The van der Waals surface area contributed by atoms with E-state index in [-0.39, 0.29) is 0 Å². The van der Waals surface area contributed by atoms with Gasteiger partial charge in [0.05, 0.1) is 5.69 Å². The van der Waals surface area contributed by atoms with Gasteiger partial charge in [-0.3, -0.25) is 0 Å². The van der Waals surface area contributed by atoms with Crippen LogP contribution in [-0.4, -0.2) is 24.1 Å². The van der Waals surface area contributed by atoms with Crippen molar-refractivity contribution in [1.29, 1.82) is 0 Å². The summed E-state index contributed by atoms with van der Waals surface area (Å²) in [6.45, 7) is 4.21. The minimum Gasteiger partial charge on any atom is -0.383 e. The van der Waals surface area contributed by atoms with E-state index < -0.39 is 0 Å². The molecule has 0 aliphatic heterocycles. The number of hydrogen-bond acceptors (Lipinski definition) is 4. The molecule has 0 saturated heterocycles. The monoisotopic (exact) mass is 256 g/mol. The van der Waals surface area contributed by atoms with Crippen molar-refractivity contribution < 1.29 is 0 Å². The zero-order chi connectivity index (χ0) is 14.0. The van der Waals surface area contributed by atoms with Gasteiger partial charge in [-0.2, -0.15) is 0 Å². The van der Waals surface area contributed by atoms with E-state index in [9.17, 15) is 0 Å². The third-order valence-electron chi connectivity index (χ3n) is 3.15. The minimum absolute atomic E-state index is 0.296. The first-order chi connectivity index (χ1) is 9.00. The number of nitrogen functional groups attached to an aromatic ring is 1. The zero-order valence-corrected chi connectivity index (χ0v) is 11.9. The Kier molecular flexibility index (Phi) is 3.69. The highest BCUT2D eigenvalue weighted by Gasteiger charge is 2.14. The lowest BCUT2D eigenvalue weighted by atomic mass is 9.97. The van der Waals surface area contributed by atoms with Crippen molar-refractivity contribution >= 4 is 11.5 Å². The Balaban J connectivity index is 2.50. The van der Waals surface area contributed by atoms with Crippen LogP contribution in [0.1, 0.15) is 25.3 Å². The van der Waals surface area contributed by atoms with Crippen molar-refractivity contribution in [2.45, 2.75) is 19.8 Å². The van der Waals surface area contributed by atoms with E-state index in [0.717, 1.165) is 22.5 Å². The summed E-state index contributed by atoms with van der Waals surface area (Å²) in [7, 11) is 4.05. The molecular formula is C15H20N4. The standard InChI is InChI=1S/C15H20N4/c1-10(2)13-14(17-9-18-15(13)16)11-5-7-12(8-6-11)19(3)4/h5-10H,1-4H3,(H2,16,17,18). The molecule has 2 N–H and O–H groups in total. The smallest absolute Gasteiger partial charge is 0.130 e. The molecule has 1 heterocycles. The number of anilines is 2. The van der Waals surface area contributed by atoms with Crippen LogP contribution in [-0.2, 0) is 0 Å². The third kappa shape index (κ3) is 2.67. The van der Waals surface area contributed by atoms with Gasteiger partial charge in [0.15, 0.2) is 0 Å². The Labute approximate surface area is 114 Å². The molecule has 0 radical (unpaired) electrons. The first kappa shape index (κ1) is 13.3. The molecule has 1 aromatic carbocycles. The van der Waals surface area contributed by atoms with Crippen LogP contribution in [0.25, 0.3) is 11.3 Å². The number of rotatable bonds is 3. The molecule has 0 bridgehead atoms. The number of hydrogen-bond donors (Lipinski definition) is 1. The average Bonchev–Trinajstić information content (AvgIpc) is 2.38. The van der Waals surface area contributed by atoms with Gasteiger partial charge in [0, 0.05) is 30.9 Å². The topological polar surface area (TPSA) is 55.0 Å². The second-order valence-electron chi connectivity index (χ2n) is 5.12. The molecule has 2 aromatic rings. The van der Waals surface area contributed by atoms with Crippen molar-refractivity contribution in [3.05, 3.63) is 36.2 Å². The predicted octanol–water partition coefficient (Wildman–Crippen LogP) is 2.92. The molecule has 0 spiro atoms. The van der Waals surface area contributed by atoms with E-state index in [1.165, 1.54) is 6.33 Å². The van der Waals surface area contributed by atoms with Gasteiger partial charge in [-0.1, -0.05) is 26.0 Å². The molecule has 1 aromatic heterocycles. The molecule has 0 saturated carbocycles. The Bertz CT molecular complexity index is 559. The van der Waals surface area contributed by atoms with Gasteiger partial charge < -0.3 is 10.6 Å². The summed E-state index contributed by atoms with van der Waals surface area (Å²) in [6.07, 6.45) is 1.52. The fourth-order valence-electron chi connectivity index (χ4n) is 2.13. The second kappa shape index (κ2) is 5.26. The highest BCUT2D eigenvalue weighted by atomic mass is 15.1. The second-order valence-corrected chi connectivity index (χ2v) is 5.12. The average molecular weight is 256 g/mol. The molecule has 2 rings (SSSR count). The van der Waals surface area contributed by atoms with Crippen LogP contribution < -0.4 is 10.6 Å². The lowest BCUT2D eigenvalue weighted by Crippen LogP contribution is -2.08. The van der Waals surface area contributed by atoms with E-state index in [0.29, 0.717) is 11.7 Å². The molecule has 0 aliphatic carbocycles. The largest absolute Gasteiger partial charge is 0.383 e. The van der Waals surface area contributed by atoms with Crippen LogP contribution in [0.5, 0.6) is 0 Å². The molecule has 0 unspecified atom stereocenters. The van der Waals surface area contributed by atoms with E-state index in [1.807, 2.05) is 14.1 Å². The zero-order valence-electron chi connectivity index (χ0n) is 11.9. The van der Waals surface area contributed by atoms with Gasteiger partial charge in [0.25, 0.3) is 0 Å². The van der Waals surface area contributed by atoms with Gasteiger partial charge in [-0.05, 0) is 18.1 Å². The molecule has 0 amide bonds. The van der Waals surface area contributed by atoms with Crippen LogP contribution in [0.2, 0.25) is 0 Å². The van der Waals surface area contributed by atoms with Gasteiger partial charge >= 0.3 is 0 Å². The van der Waals surface area contributed by atoms with Crippen LogP contribution in [0.15, 0.2) is 30.6 Å². The fourth-order valence-corrected chi connectivity index (χ4v) is 2.13. The first-order valence-electron chi connectivity index (χ1n) is 6.39. The van der Waals surface area contributed by atoms with Crippen LogP contribution in [0.3, 0.4) is 0 Å². The highest BCUT2D eigenvalue weighted by Crippen LogP contribution is 2.31. The Hall–Kier alpha value is -2.10. The Morgan fingerprint density at radius 1 is 1.05 bits per heavy atom. The van der Waals surface area contributed by atoms with E-state index in [4.69, 9.17) is 5.73 Å². The Morgan fingerprint density at radius 3 is 2.21 bits per heavy atom. The van der Waals surface area contributed by atoms with Gasteiger partial charge in [0.2, 0.25) is 0 Å². The molecule has 4 heteroatoms. The summed E-state index contributed by atoms with van der Waals surface area (Å²) < 4.78 is 0. The quantitative estimate of drug-likeness (QED) is 0.917. The normalized spacial score (nSPS) is 10.8. The van der Waals surface area contributed by atoms with E-state index >= 15 is 0 Å². The maximum absolute atomic E-state index is 5.98. The number of benzene rings is 1. The van der Waals surface area contributed by atoms with Crippen molar-refractivity contribution in [2.24, 2.45) is 0 Å². The van der Waals surface area contributed by atoms with Gasteiger partial charge in [0.1, 0.15) is 12.1 Å². The van der Waals surface area contributed by atoms with Crippen molar-refractivity contribution in [3.63, 3.8) is 0 Å². The van der Waals surface area contributed by atoms with E-state index in [1.54, 1.807) is 0 Å². The minimum atomic E-state index is 0.296. The van der Waals surface area contributed by atoms with E-state index in [2.05, 4.69) is 53.0 Å². The van der Waals surface area contributed by atoms with Crippen LogP contribution >= 0.6 is 0 Å². The lowest BCUT2D eigenvalue weighted by molar-refractivity contribution is 0.854. The maximum atomic E-state index is 5.98. The molecule has 0 fully saturated rings. The van der Waals surface area contributed by atoms with Gasteiger partial charge in [-0.25, -0.2) is 9.97 Å². The molecule has 0 atom stereocenters. The molecule has 100 valence electrons. The fraction of sp³-hybridized carbons (Fsp3) is 0.333. The third-order valence-corrected chi connectivity index (χ3v) is 3.15. The Morgan fingerprint density at radius 2 is 1.68 bits per heavy atom. The molecule has 19 heavy (non-hydrogen) atoms. The van der Waals surface area contributed by atoms with Crippen molar-refractivity contribution in [3.8, 4) is 11.3 Å². The predicted molar refractivity (Wildman–Crippen MR) is 80.3 cm³/mol. The summed E-state index contributed by atoms with van der Waals surface area (Å²) in [5.74, 6) is 0.862. The number of nitrogens with two attached hydrogens (primary N) is 1. The lowest BCUT2D eigenvalue weighted by Gasteiger charge is -2.15. The molecular weight excluding hydrogens is 236 g/mol. The SMILES string of the molecule is CC(C)c1c(N)ncnc1-c1ccc(N(C)C)cc1. The summed E-state index contributed by atoms with van der Waals surface area (Å²) in [6, 6.07) is 8.31. The maximum Gasteiger partial charge on any atom is 0.130 e. The summed E-state index contributed by atoms with van der Waals surface area (Å²) in [4.78, 5) is 10.6. The van der Waals surface area contributed by atoms with Crippen molar-refractivity contribution in [1.82, 2.24) is 9.97 Å². The van der Waals surface area contributed by atoms with Crippen molar-refractivity contribution in [2.75, 3.05) is 24.7 Å². The van der Waals surface area contributed by atoms with Gasteiger partial charge in [-0.15, -0.1) is 0 Å². The number of nitrogens with zero attached hydrogens (tertiary/aromatic N) is 3. The number of aromatic nitrogens is 2. The summed E-state index contributed by atoms with van der Waals surface area (Å²) in [5.41, 5.74) is 10.2. The summed E-state index contributed by atoms with van der Waals surface area (Å²) >= 11 is 0. The first-order valence-corrected chi connectivity index (χ1v) is 6.39. The van der Waals surface area contributed by atoms with Crippen LogP contribution in [0.4, 0.5) is 11.5 Å². The summed E-state index contributed by atoms with van der Waals surface area (Å²) in [5, 5.41) is 0. The van der Waals surface area contributed by atoms with Crippen LogP contribution in [0, 0.1) is 0 Å². The molecule has 0 aliphatic rings.